The van der Waals surface area contributed by atoms with Gasteiger partial charge in [-0.3, -0.25) is 9.36 Å². The molecule has 1 aromatic carbocycles. The van der Waals surface area contributed by atoms with E-state index in [0.717, 1.165) is 11.1 Å². The lowest BCUT2D eigenvalue weighted by atomic mass is 9.93. The van der Waals surface area contributed by atoms with Crippen molar-refractivity contribution in [3.05, 3.63) is 46.1 Å². The van der Waals surface area contributed by atoms with Crippen molar-refractivity contribution in [1.82, 2.24) is 0 Å². The molecular weight excluding hydrogens is 451 g/mol. The molecule has 10 heteroatoms. The average Bonchev–Trinajstić information content (AvgIpc) is 3.13. The number of hydrogen-bond donors (Lipinski definition) is 3. The van der Waals surface area contributed by atoms with Crippen molar-refractivity contribution in [3.8, 4) is 11.5 Å². The number of rotatable bonds is 12. The van der Waals surface area contributed by atoms with Gasteiger partial charge in [0.15, 0.2) is 0 Å². The van der Waals surface area contributed by atoms with Gasteiger partial charge in [0.05, 0.1) is 25.8 Å². The molecule has 3 N–H and O–H groups in total. The molecule has 0 aromatic heterocycles. The molecule has 182 valence electrons. The molecule has 0 bridgehead atoms. The number of carbonyl (C=O) groups excluding carboxylic acids is 1. The number of aromatic hydroxyl groups is 1. The molecule has 0 radical (unpaired) electrons. The zero-order valence-corrected chi connectivity index (χ0v) is 20.2. The summed E-state index contributed by atoms with van der Waals surface area (Å²) in [5.41, 5.74) is 2.69. The SMILES string of the molecule is CCOP(=O)(O)C/C=C/CC(C/C(C)=C/Cc1c(O)c2c(c(C)c1OC)COC2=O)C(=O)O. The molecule has 2 unspecified atom stereocenters. The van der Waals surface area contributed by atoms with Gasteiger partial charge in [-0.2, -0.15) is 0 Å². The second kappa shape index (κ2) is 11.5. The van der Waals surface area contributed by atoms with Crippen molar-refractivity contribution in [2.45, 2.75) is 46.6 Å². The van der Waals surface area contributed by atoms with Gasteiger partial charge in [0.2, 0.25) is 0 Å². The number of carbonyl (C=O) groups is 2. The third-order valence-corrected chi connectivity index (χ3v) is 6.81. The Hall–Kier alpha value is -2.61. The highest BCUT2D eigenvalue weighted by Gasteiger charge is 2.32. The highest BCUT2D eigenvalue weighted by atomic mass is 31.2. The lowest BCUT2D eigenvalue weighted by molar-refractivity contribution is -0.141. The molecule has 0 spiro atoms. The summed E-state index contributed by atoms with van der Waals surface area (Å²) in [6, 6.07) is 0. The number of ether oxygens (including phenoxy) is 2. The van der Waals surface area contributed by atoms with Gasteiger partial charge < -0.3 is 29.1 Å². The highest BCUT2D eigenvalue weighted by Crippen LogP contribution is 2.42. The number of fused-ring (bicyclic) bond motifs is 1. The molecule has 9 nitrogen and oxygen atoms in total. The maximum absolute atomic E-state index is 12.0. The summed E-state index contributed by atoms with van der Waals surface area (Å²) in [6.45, 7) is 5.41. The molecule has 33 heavy (non-hydrogen) atoms. The Bertz CT molecular complexity index is 1010. The Morgan fingerprint density at radius 3 is 2.64 bits per heavy atom. The summed E-state index contributed by atoms with van der Waals surface area (Å²) in [5, 5.41) is 20.2. The van der Waals surface area contributed by atoms with Crippen LogP contribution in [0.3, 0.4) is 0 Å². The summed E-state index contributed by atoms with van der Waals surface area (Å²) < 4.78 is 27.0. The number of allylic oxidation sites excluding steroid dienone is 4. The van der Waals surface area contributed by atoms with E-state index in [1.54, 1.807) is 32.9 Å². The smallest absolute Gasteiger partial charge is 0.342 e. The van der Waals surface area contributed by atoms with Crippen LogP contribution in [0.2, 0.25) is 0 Å². The predicted molar refractivity (Wildman–Crippen MR) is 122 cm³/mol. The number of cyclic esters (lactones) is 1. The summed E-state index contributed by atoms with van der Waals surface area (Å²) >= 11 is 0. The van der Waals surface area contributed by atoms with E-state index in [4.69, 9.17) is 14.0 Å². The number of methoxy groups -OCH3 is 1. The number of carboxylic acid groups (broad SMARTS) is 1. The number of aliphatic carboxylic acids is 1. The molecule has 1 aromatic rings. The van der Waals surface area contributed by atoms with Crippen molar-refractivity contribution in [3.63, 3.8) is 0 Å². The van der Waals surface area contributed by atoms with Gasteiger partial charge in [-0.25, -0.2) is 4.79 Å². The van der Waals surface area contributed by atoms with E-state index in [-0.39, 0.29) is 50.0 Å². The van der Waals surface area contributed by atoms with Gasteiger partial charge in [0.1, 0.15) is 23.7 Å². The number of phenols is 1. The first-order valence-corrected chi connectivity index (χ1v) is 12.4. The Balaban J connectivity index is 2.13. The van der Waals surface area contributed by atoms with Crippen LogP contribution in [0, 0.1) is 12.8 Å². The second-order valence-corrected chi connectivity index (χ2v) is 9.75. The second-order valence-electron chi connectivity index (χ2n) is 7.85. The van der Waals surface area contributed by atoms with Gasteiger partial charge in [-0.1, -0.05) is 23.8 Å². The van der Waals surface area contributed by atoms with Crippen LogP contribution in [0.5, 0.6) is 11.5 Å². The van der Waals surface area contributed by atoms with Crippen molar-refractivity contribution >= 4 is 19.5 Å². The zero-order valence-electron chi connectivity index (χ0n) is 19.3. The lowest BCUT2D eigenvalue weighted by Crippen LogP contribution is -2.13. The van der Waals surface area contributed by atoms with E-state index in [9.17, 15) is 29.3 Å². The van der Waals surface area contributed by atoms with Crippen LogP contribution in [-0.4, -0.2) is 46.9 Å². The Labute approximate surface area is 193 Å². The molecule has 0 saturated carbocycles. The molecule has 0 aliphatic carbocycles. The van der Waals surface area contributed by atoms with Crippen LogP contribution in [0.4, 0.5) is 0 Å². The van der Waals surface area contributed by atoms with Crippen LogP contribution in [0.1, 0.15) is 53.7 Å². The Morgan fingerprint density at radius 1 is 1.33 bits per heavy atom. The van der Waals surface area contributed by atoms with Crippen LogP contribution in [0.25, 0.3) is 0 Å². The summed E-state index contributed by atoms with van der Waals surface area (Å²) in [4.78, 5) is 33.3. The third-order valence-electron chi connectivity index (χ3n) is 5.47. The van der Waals surface area contributed by atoms with Crippen LogP contribution in [0.15, 0.2) is 23.8 Å². The van der Waals surface area contributed by atoms with Crippen molar-refractivity contribution in [2.75, 3.05) is 19.9 Å². The van der Waals surface area contributed by atoms with E-state index < -0.39 is 25.5 Å². The van der Waals surface area contributed by atoms with Crippen molar-refractivity contribution < 1.29 is 43.3 Å². The third kappa shape index (κ3) is 6.69. The molecule has 1 aliphatic heterocycles. The van der Waals surface area contributed by atoms with Gasteiger partial charge in [-0.05, 0) is 45.6 Å². The summed E-state index contributed by atoms with van der Waals surface area (Å²) in [6.07, 6.45) is 5.31. The Kier molecular flexibility index (Phi) is 9.28. The fourth-order valence-electron chi connectivity index (χ4n) is 3.77. The van der Waals surface area contributed by atoms with Crippen LogP contribution < -0.4 is 4.74 Å². The molecule has 0 saturated heterocycles. The first kappa shape index (κ1) is 26.6. The molecule has 2 rings (SSSR count). The minimum atomic E-state index is -3.69. The molecule has 1 aliphatic rings. The normalized spacial score (nSPS) is 16.4. The highest BCUT2D eigenvalue weighted by molar-refractivity contribution is 7.53. The van der Waals surface area contributed by atoms with E-state index in [0.29, 0.717) is 16.9 Å². The van der Waals surface area contributed by atoms with Crippen molar-refractivity contribution in [2.24, 2.45) is 5.92 Å². The molecule has 1 heterocycles. The number of carboxylic acids is 1. The van der Waals surface area contributed by atoms with Gasteiger partial charge >= 0.3 is 19.5 Å². The number of benzene rings is 1. The zero-order chi connectivity index (χ0) is 24.8. The molecule has 2 atom stereocenters. The standard InChI is InChI=1S/C23H31O9P/c1-5-32-33(28,29)11-7-6-8-16(22(25)26)12-14(2)9-10-17-20(24)19-18(13-31-23(19)27)15(3)21(17)30-4/h6-7,9,16,24H,5,8,10-13H2,1-4H3,(H,25,26)(H,28,29)/b7-6+,14-9+. The Morgan fingerprint density at radius 2 is 2.03 bits per heavy atom. The maximum Gasteiger partial charge on any atom is 0.342 e. The van der Waals surface area contributed by atoms with Crippen molar-refractivity contribution in [1.29, 1.82) is 0 Å². The quantitative estimate of drug-likeness (QED) is 0.228. The van der Waals surface area contributed by atoms with Gasteiger partial charge in [0, 0.05) is 11.1 Å². The first-order chi connectivity index (χ1) is 15.5. The van der Waals surface area contributed by atoms with E-state index >= 15 is 0 Å². The molecule has 0 amide bonds. The molecule has 0 fully saturated rings. The average molecular weight is 482 g/mol. The van der Waals surface area contributed by atoms with Gasteiger partial charge in [0.25, 0.3) is 0 Å². The molecular formula is C23H31O9P. The summed E-state index contributed by atoms with van der Waals surface area (Å²) in [5.74, 6) is -2.01. The lowest BCUT2D eigenvalue weighted by Gasteiger charge is -2.16. The first-order valence-electron chi connectivity index (χ1n) is 10.6. The number of phenolic OH excluding ortho intramolecular Hbond substituents is 1. The topological polar surface area (TPSA) is 140 Å². The fourth-order valence-corrected chi connectivity index (χ4v) is 4.69. The van der Waals surface area contributed by atoms with Crippen LogP contribution >= 0.6 is 7.60 Å². The predicted octanol–water partition coefficient (Wildman–Crippen LogP) is 4.13. The van der Waals surface area contributed by atoms with E-state index in [1.165, 1.54) is 13.2 Å². The van der Waals surface area contributed by atoms with E-state index in [1.807, 2.05) is 0 Å². The number of esters is 1. The van der Waals surface area contributed by atoms with E-state index in [2.05, 4.69) is 0 Å². The fraction of sp³-hybridized carbons (Fsp3) is 0.478. The monoisotopic (exact) mass is 482 g/mol. The minimum Gasteiger partial charge on any atom is -0.507 e. The number of hydrogen-bond acceptors (Lipinski definition) is 7. The minimum absolute atomic E-state index is 0.0865. The summed E-state index contributed by atoms with van der Waals surface area (Å²) in [7, 11) is -2.21. The largest absolute Gasteiger partial charge is 0.507 e. The van der Waals surface area contributed by atoms with Gasteiger partial charge in [-0.15, -0.1) is 0 Å². The van der Waals surface area contributed by atoms with Crippen LogP contribution in [-0.2, 0) is 31.6 Å². The maximum atomic E-state index is 12.0.